The Morgan fingerprint density at radius 3 is 2.70 bits per heavy atom. The highest BCUT2D eigenvalue weighted by atomic mass is 32.2. The second-order valence-corrected chi connectivity index (χ2v) is 7.25. The van der Waals surface area contributed by atoms with Gasteiger partial charge < -0.3 is 4.74 Å². The summed E-state index contributed by atoms with van der Waals surface area (Å²) in [7, 11) is 0. The summed E-state index contributed by atoms with van der Waals surface area (Å²) in [5.41, 5.74) is 1.38. The number of benzene rings is 1. The van der Waals surface area contributed by atoms with E-state index in [-0.39, 0.29) is 11.7 Å². The topological polar surface area (TPSA) is 55.6 Å². The van der Waals surface area contributed by atoms with Gasteiger partial charge in [0.2, 0.25) is 0 Å². The van der Waals surface area contributed by atoms with Crippen molar-refractivity contribution in [2.24, 2.45) is 5.84 Å². The van der Waals surface area contributed by atoms with E-state index in [0.29, 0.717) is 22.6 Å². The average Bonchev–Trinajstić information content (AvgIpc) is 2.42. The van der Waals surface area contributed by atoms with Gasteiger partial charge in [-0.15, -0.1) is 13.2 Å². The maximum absolute atomic E-state index is 12.4. The quantitative estimate of drug-likeness (QED) is 0.627. The van der Waals surface area contributed by atoms with E-state index in [4.69, 9.17) is 5.84 Å². The zero-order valence-electron chi connectivity index (χ0n) is 12.5. The molecule has 0 unspecified atom stereocenters. The van der Waals surface area contributed by atoms with Crippen LogP contribution in [0.3, 0.4) is 0 Å². The van der Waals surface area contributed by atoms with Crippen LogP contribution < -0.4 is 10.6 Å². The van der Waals surface area contributed by atoms with Gasteiger partial charge in [-0.25, -0.2) is 5.84 Å². The van der Waals surface area contributed by atoms with Gasteiger partial charge in [0.05, 0.1) is 10.4 Å². The van der Waals surface area contributed by atoms with Crippen LogP contribution in [0, 0.1) is 0 Å². The first-order valence-corrected chi connectivity index (χ1v) is 7.76. The Morgan fingerprint density at radius 1 is 1.35 bits per heavy atom. The van der Waals surface area contributed by atoms with Crippen LogP contribution in [-0.2, 0) is 11.2 Å². The standard InChI is InChI=1S/C15H15F3N2O2S/c1-14(2)7-9-5-8-3-4-10(22-15(16,17)18)6-11(8)23-12(9)13(21)20(14)19/h3-4,6H,5,7,19H2,1-2H3. The molecule has 2 aliphatic heterocycles. The maximum Gasteiger partial charge on any atom is 0.573 e. The minimum Gasteiger partial charge on any atom is -0.406 e. The lowest BCUT2D eigenvalue weighted by molar-refractivity contribution is -0.274. The summed E-state index contributed by atoms with van der Waals surface area (Å²) in [4.78, 5) is 13.5. The molecule has 0 saturated carbocycles. The fourth-order valence-corrected chi connectivity index (χ4v) is 3.94. The molecule has 1 amide bonds. The van der Waals surface area contributed by atoms with E-state index < -0.39 is 11.9 Å². The van der Waals surface area contributed by atoms with E-state index in [9.17, 15) is 18.0 Å². The molecule has 2 heterocycles. The second-order valence-electron chi connectivity index (χ2n) is 6.19. The number of hydrogen-bond acceptors (Lipinski definition) is 4. The largest absolute Gasteiger partial charge is 0.573 e. The number of ether oxygens (including phenoxy) is 1. The first-order chi connectivity index (χ1) is 10.6. The van der Waals surface area contributed by atoms with Crippen LogP contribution in [0.4, 0.5) is 13.2 Å². The number of halogens is 3. The minimum absolute atomic E-state index is 0.291. The number of hydrogen-bond donors (Lipinski definition) is 1. The molecular formula is C15H15F3N2O2S. The number of nitrogens with two attached hydrogens (primary N) is 1. The molecule has 0 spiro atoms. The van der Waals surface area contributed by atoms with Gasteiger partial charge in [-0.2, -0.15) is 0 Å². The highest BCUT2D eigenvalue weighted by Gasteiger charge is 2.40. The van der Waals surface area contributed by atoms with E-state index in [1.54, 1.807) is 6.07 Å². The first kappa shape index (κ1) is 16.2. The van der Waals surface area contributed by atoms with Crippen molar-refractivity contribution in [3.63, 3.8) is 0 Å². The summed E-state index contributed by atoms with van der Waals surface area (Å²) in [5.74, 6) is 5.27. The zero-order valence-corrected chi connectivity index (χ0v) is 13.3. The Bertz CT molecular complexity index is 713. The second kappa shape index (κ2) is 5.17. The van der Waals surface area contributed by atoms with Crippen LogP contribution in [0.25, 0.3) is 0 Å². The molecule has 0 fully saturated rings. The number of amides is 1. The van der Waals surface area contributed by atoms with Crippen molar-refractivity contribution in [1.29, 1.82) is 0 Å². The minimum atomic E-state index is -4.74. The van der Waals surface area contributed by atoms with Crippen molar-refractivity contribution < 1.29 is 22.7 Å². The monoisotopic (exact) mass is 344 g/mol. The molecule has 3 rings (SSSR count). The summed E-state index contributed by atoms with van der Waals surface area (Å²) in [6.45, 7) is 3.77. The molecule has 0 atom stereocenters. The summed E-state index contributed by atoms with van der Waals surface area (Å²) in [5, 5.41) is 1.19. The number of nitrogens with zero attached hydrogens (tertiary/aromatic N) is 1. The van der Waals surface area contributed by atoms with Crippen molar-refractivity contribution >= 4 is 17.7 Å². The molecule has 23 heavy (non-hydrogen) atoms. The lowest BCUT2D eigenvalue weighted by Crippen LogP contribution is -2.55. The molecule has 8 heteroatoms. The number of thioether (sulfide) groups is 1. The Hall–Kier alpha value is -1.67. The molecular weight excluding hydrogens is 329 g/mol. The Balaban J connectivity index is 1.92. The van der Waals surface area contributed by atoms with Gasteiger partial charge >= 0.3 is 6.36 Å². The predicted molar refractivity (Wildman–Crippen MR) is 79.4 cm³/mol. The van der Waals surface area contributed by atoms with Crippen LogP contribution in [0.1, 0.15) is 25.8 Å². The Labute approximate surface area is 135 Å². The SMILES string of the molecule is CC1(C)CC2=C(Sc3cc(OC(F)(F)F)ccc3C2)C(=O)N1N. The van der Waals surface area contributed by atoms with Crippen molar-refractivity contribution in [2.45, 2.75) is 43.5 Å². The number of carbonyl (C=O) groups excluding carboxylic acids is 1. The van der Waals surface area contributed by atoms with E-state index in [1.165, 1.54) is 17.1 Å². The van der Waals surface area contributed by atoms with E-state index in [1.807, 2.05) is 13.8 Å². The lowest BCUT2D eigenvalue weighted by atomic mass is 9.87. The number of fused-ring (bicyclic) bond motifs is 1. The number of hydrazine groups is 1. The normalized spacial score (nSPS) is 20.3. The van der Waals surface area contributed by atoms with Gasteiger partial charge in [-0.05, 0) is 50.0 Å². The highest BCUT2D eigenvalue weighted by molar-refractivity contribution is 8.04. The van der Waals surface area contributed by atoms with Crippen LogP contribution in [0.5, 0.6) is 5.75 Å². The molecule has 124 valence electrons. The third-order valence-electron chi connectivity index (χ3n) is 3.92. The maximum atomic E-state index is 12.4. The average molecular weight is 344 g/mol. The molecule has 0 aromatic heterocycles. The molecule has 2 aliphatic rings. The van der Waals surface area contributed by atoms with Crippen molar-refractivity contribution in [1.82, 2.24) is 5.01 Å². The molecule has 0 aliphatic carbocycles. The van der Waals surface area contributed by atoms with Crippen LogP contribution in [0.15, 0.2) is 33.6 Å². The molecule has 0 bridgehead atoms. The molecule has 4 nitrogen and oxygen atoms in total. The van der Waals surface area contributed by atoms with Gasteiger partial charge in [-0.3, -0.25) is 9.80 Å². The van der Waals surface area contributed by atoms with E-state index in [0.717, 1.165) is 22.9 Å². The van der Waals surface area contributed by atoms with Crippen LogP contribution in [0.2, 0.25) is 0 Å². The highest BCUT2D eigenvalue weighted by Crippen LogP contribution is 2.46. The fraction of sp³-hybridized carbons (Fsp3) is 0.400. The number of rotatable bonds is 1. The van der Waals surface area contributed by atoms with Gasteiger partial charge in [0.25, 0.3) is 5.91 Å². The zero-order chi connectivity index (χ0) is 17.0. The predicted octanol–water partition coefficient (Wildman–Crippen LogP) is 3.37. The van der Waals surface area contributed by atoms with Gasteiger partial charge in [-0.1, -0.05) is 17.8 Å². The number of alkyl halides is 3. The van der Waals surface area contributed by atoms with Crippen molar-refractivity contribution in [2.75, 3.05) is 0 Å². The lowest BCUT2D eigenvalue weighted by Gasteiger charge is -2.42. The van der Waals surface area contributed by atoms with Crippen LogP contribution in [-0.4, -0.2) is 22.8 Å². The third kappa shape index (κ3) is 3.05. The van der Waals surface area contributed by atoms with Gasteiger partial charge in [0.15, 0.2) is 0 Å². The van der Waals surface area contributed by atoms with Crippen LogP contribution >= 0.6 is 11.8 Å². The van der Waals surface area contributed by atoms with Gasteiger partial charge in [0.1, 0.15) is 5.75 Å². The third-order valence-corrected chi connectivity index (χ3v) is 5.19. The molecule has 1 aromatic rings. The smallest absolute Gasteiger partial charge is 0.406 e. The summed E-state index contributed by atoms with van der Waals surface area (Å²) in [6.07, 6.45) is -3.57. The summed E-state index contributed by atoms with van der Waals surface area (Å²) >= 11 is 1.15. The molecule has 0 saturated heterocycles. The van der Waals surface area contributed by atoms with Gasteiger partial charge in [0, 0.05) is 4.90 Å². The fourth-order valence-electron chi connectivity index (χ4n) is 2.79. The first-order valence-electron chi connectivity index (χ1n) is 6.95. The Morgan fingerprint density at radius 2 is 2.04 bits per heavy atom. The van der Waals surface area contributed by atoms with E-state index in [2.05, 4.69) is 4.74 Å². The Kier molecular flexibility index (Phi) is 3.64. The molecule has 2 N–H and O–H groups in total. The number of carbonyl (C=O) groups is 1. The van der Waals surface area contributed by atoms with E-state index >= 15 is 0 Å². The van der Waals surface area contributed by atoms with Crippen molar-refractivity contribution in [3.8, 4) is 5.75 Å². The summed E-state index contributed by atoms with van der Waals surface area (Å²) < 4.78 is 40.9. The summed E-state index contributed by atoms with van der Waals surface area (Å²) in [6, 6.07) is 4.22. The van der Waals surface area contributed by atoms with Crippen molar-refractivity contribution in [3.05, 3.63) is 34.2 Å². The molecule has 0 radical (unpaired) electrons. The molecule has 1 aromatic carbocycles.